The van der Waals surface area contributed by atoms with Crippen LogP contribution in [0.2, 0.25) is 0 Å². The minimum atomic E-state index is -0.514. The van der Waals surface area contributed by atoms with Crippen molar-refractivity contribution in [3.63, 3.8) is 0 Å². The lowest BCUT2D eigenvalue weighted by Crippen LogP contribution is -2.46. The molecule has 0 spiro atoms. The van der Waals surface area contributed by atoms with Crippen LogP contribution in [0.3, 0.4) is 0 Å². The number of esters is 2. The predicted octanol–water partition coefficient (Wildman–Crippen LogP) is 3.87. The van der Waals surface area contributed by atoms with Crippen LogP contribution in [0.5, 0.6) is 0 Å². The number of ether oxygens (including phenoxy) is 2. The lowest BCUT2D eigenvalue weighted by Gasteiger charge is -2.57. The van der Waals surface area contributed by atoms with Crippen LogP contribution in [0.15, 0.2) is 0 Å². The minimum Gasteiger partial charge on any atom is -0.466 e. The molecule has 4 aliphatic rings. The molecule has 1 atom stereocenters. The van der Waals surface area contributed by atoms with E-state index in [1.807, 2.05) is 0 Å². The molecule has 0 aliphatic heterocycles. The van der Waals surface area contributed by atoms with E-state index >= 15 is 0 Å². The fraction of sp³-hybridized carbons (Fsp3) is 0.810. The van der Waals surface area contributed by atoms with Crippen molar-refractivity contribution in [2.45, 2.75) is 77.2 Å². The molecule has 0 aromatic carbocycles. The summed E-state index contributed by atoms with van der Waals surface area (Å²) < 4.78 is 10.4. The lowest BCUT2D eigenvalue weighted by molar-refractivity contribution is -0.147. The summed E-state index contributed by atoms with van der Waals surface area (Å²) in [5.41, 5.74) is 0.449. The van der Waals surface area contributed by atoms with Crippen molar-refractivity contribution < 1.29 is 19.1 Å². The molecule has 4 saturated carbocycles. The van der Waals surface area contributed by atoms with Gasteiger partial charge in [0.25, 0.3) is 0 Å². The molecule has 4 aliphatic carbocycles. The van der Waals surface area contributed by atoms with E-state index < -0.39 is 6.10 Å². The van der Waals surface area contributed by atoms with Crippen molar-refractivity contribution in [2.24, 2.45) is 23.2 Å². The van der Waals surface area contributed by atoms with Gasteiger partial charge in [0.2, 0.25) is 0 Å². The summed E-state index contributed by atoms with van der Waals surface area (Å²) in [5.74, 6) is 4.57. The largest absolute Gasteiger partial charge is 0.466 e. The first-order valence-electron chi connectivity index (χ1n) is 9.79. The van der Waals surface area contributed by atoms with E-state index in [0.717, 1.165) is 24.2 Å². The zero-order chi connectivity index (χ0) is 17.9. The molecular formula is C21H30O4. The molecule has 0 heterocycles. The highest BCUT2D eigenvalue weighted by atomic mass is 16.5. The zero-order valence-corrected chi connectivity index (χ0v) is 15.3. The highest BCUT2D eigenvalue weighted by Crippen LogP contribution is 2.61. The van der Waals surface area contributed by atoms with Gasteiger partial charge in [0.05, 0.1) is 6.61 Å². The monoisotopic (exact) mass is 346 g/mol. The molecule has 0 amide bonds. The van der Waals surface area contributed by atoms with E-state index in [0.29, 0.717) is 18.4 Å². The molecule has 0 aromatic rings. The second-order valence-electron chi connectivity index (χ2n) is 8.54. The van der Waals surface area contributed by atoms with Crippen molar-refractivity contribution >= 4 is 11.9 Å². The van der Waals surface area contributed by atoms with Crippen LogP contribution in [-0.4, -0.2) is 24.6 Å². The molecule has 4 nitrogen and oxygen atoms in total. The van der Waals surface area contributed by atoms with Gasteiger partial charge in [0.15, 0.2) is 6.10 Å². The molecule has 0 radical (unpaired) electrons. The van der Waals surface area contributed by atoms with Gasteiger partial charge < -0.3 is 9.47 Å². The predicted molar refractivity (Wildman–Crippen MR) is 94.4 cm³/mol. The molecule has 4 heteroatoms. The molecular weight excluding hydrogens is 316 g/mol. The molecule has 4 bridgehead atoms. The van der Waals surface area contributed by atoms with Crippen LogP contribution in [0, 0.1) is 35.5 Å². The number of carbonyl (C=O) groups excluding carboxylic acids is 2. The number of hydrogen-bond acceptors (Lipinski definition) is 4. The van der Waals surface area contributed by atoms with Gasteiger partial charge in [-0.15, -0.1) is 6.42 Å². The Labute approximate surface area is 151 Å². The molecule has 0 aromatic heterocycles. The van der Waals surface area contributed by atoms with Crippen molar-refractivity contribution in [3.8, 4) is 12.3 Å². The first-order valence-corrected chi connectivity index (χ1v) is 9.79. The third-order valence-corrected chi connectivity index (χ3v) is 6.37. The highest BCUT2D eigenvalue weighted by Gasteiger charge is 2.50. The van der Waals surface area contributed by atoms with Crippen LogP contribution in [-0.2, 0) is 19.1 Å². The summed E-state index contributed by atoms with van der Waals surface area (Å²) in [6.45, 7) is 2.18. The average Bonchev–Trinajstić information content (AvgIpc) is 2.53. The molecule has 4 rings (SSSR count). The van der Waals surface area contributed by atoms with E-state index in [1.54, 1.807) is 6.92 Å². The summed E-state index contributed by atoms with van der Waals surface area (Å²) in [6, 6.07) is 0. The Bertz CT molecular complexity index is 509. The molecule has 25 heavy (non-hydrogen) atoms. The van der Waals surface area contributed by atoms with E-state index in [-0.39, 0.29) is 24.8 Å². The maximum Gasteiger partial charge on any atom is 0.307 e. The number of terminal acetylenes is 1. The molecule has 0 N–H and O–H groups in total. The maximum absolute atomic E-state index is 11.9. The Morgan fingerprint density at radius 1 is 1.08 bits per heavy atom. The fourth-order valence-electron chi connectivity index (χ4n) is 5.72. The normalized spacial score (nSPS) is 33.5. The van der Waals surface area contributed by atoms with Gasteiger partial charge in [-0.25, -0.2) is 0 Å². The van der Waals surface area contributed by atoms with Crippen molar-refractivity contribution in [1.82, 2.24) is 0 Å². The first kappa shape index (κ1) is 18.3. The van der Waals surface area contributed by atoms with Crippen molar-refractivity contribution in [3.05, 3.63) is 0 Å². The van der Waals surface area contributed by atoms with Gasteiger partial charge in [0, 0.05) is 12.8 Å². The smallest absolute Gasteiger partial charge is 0.307 e. The van der Waals surface area contributed by atoms with Crippen molar-refractivity contribution in [2.75, 3.05) is 6.61 Å². The van der Waals surface area contributed by atoms with Crippen LogP contribution in [0.1, 0.15) is 71.1 Å². The average molecular weight is 346 g/mol. The Morgan fingerprint density at radius 2 is 1.64 bits per heavy atom. The van der Waals surface area contributed by atoms with Crippen molar-refractivity contribution in [1.29, 1.82) is 0 Å². The Hall–Kier alpha value is -1.50. The number of rotatable bonds is 8. The standard InChI is InChI=1S/C21H30O4/c1-3-15(2)25-20(23)6-4-5-19(22)24-8-7-21-12-16-9-17(13-21)11-18(10-16)14-21/h1,15-18H,4-14H2,2H3. The zero-order valence-electron chi connectivity index (χ0n) is 15.3. The summed E-state index contributed by atoms with van der Waals surface area (Å²) in [4.78, 5) is 23.4. The van der Waals surface area contributed by atoms with Crippen LogP contribution in [0.25, 0.3) is 0 Å². The Balaban J connectivity index is 1.31. The highest BCUT2D eigenvalue weighted by molar-refractivity contribution is 5.72. The number of carbonyl (C=O) groups is 2. The third-order valence-electron chi connectivity index (χ3n) is 6.37. The molecule has 0 saturated heterocycles. The van der Waals surface area contributed by atoms with Gasteiger partial charge in [-0.1, -0.05) is 5.92 Å². The van der Waals surface area contributed by atoms with E-state index in [9.17, 15) is 9.59 Å². The maximum atomic E-state index is 11.9. The molecule has 138 valence electrons. The molecule has 1 unspecified atom stereocenters. The Kier molecular flexibility index (Phi) is 5.71. The SMILES string of the molecule is C#CC(C)OC(=O)CCCC(=O)OCCC12CC3CC(CC(C3)C1)C2. The first-order chi connectivity index (χ1) is 12.0. The van der Waals surface area contributed by atoms with Crippen LogP contribution < -0.4 is 0 Å². The van der Waals surface area contributed by atoms with Gasteiger partial charge >= 0.3 is 11.9 Å². The number of hydrogen-bond donors (Lipinski definition) is 0. The second-order valence-corrected chi connectivity index (χ2v) is 8.54. The summed E-state index contributed by atoms with van der Waals surface area (Å²) in [5, 5.41) is 0. The molecule has 4 fully saturated rings. The van der Waals surface area contributed by atoms with E-state index in [1.165, 1.54) is 38.5 Å². The minimum absolute atomic E-state index is 0.204. The second kappa shape index (κ2) is 7.81. The lowest BCUT2D eigenvalue weighted by atomic mass is 9.49. The van der Waals surface area contributed by atoms with Crippen LogP contribution >= 0.6 is 0 Å². The van der Waals surface area contributed by atoms with E-state index in [2.05, 4.69) is 5.92 Å². The van der Waals surface area contributed by atoms with Crippen LogP contribution in [0.4, 0.5) is 0 Å². The fourth-order valence-corrected chi connectivity index (χ4v) is 5.72. The topological polar surface area (TPSA) is 52.6 Å². The van der Waals surface area contributed by atoms with Gasteiger partial charge in [-0.05, 0) is 81.5 Å². The summed E-state index contributed by atoms with van der Waals surface area (Å²) in [6.07, 6.45) is 14.9. The summed E-state index contributed by atoms with van der Waals surface area (Å²) >= 11 is 0. The Morgan fingerprint density at radius 3 is 2.20 bits per heavy atom. The van der Waals surface area contributed by atoms with E-state index in [4.69, 9.17) is 15.9 Å². The summed E-state index contributed by atoms with van der Waals surface area (Å²) in [7, 11) is 0. The van der Waals surface area contributed by atoms with Gasteiger partial charge in [-0.3, -0.25) is 9.59 Å². The van der Waals surface area contributed by atoms with Gasteiger partial charge in [0.1, 0.15) is 0 Å². The third kappa shape index (κ3) is 4.77. The van der Waals surface area contributed by atoms with Gasteiger partial charge in [-0.2, -0.15) is 0 Å². The quantitative estimate of drug-likeness (QED) is 0.494.